The number of hydrogen-bond acceptors (Lipinski definition) is 2. The quantitative estimate of drug-likeness (QED) is 0.182. The molecule has 0 N–H and O–H groups in total. The number of fused-ring (bicyclic) bond motifs is 16. The Balaban J connectivity index is 1.26. The molecule has 46 heavy (non-hydrogen) atoms. The third-order valence-corrected chi connectivity index (χ3v) is 11.4. The Bertz CT molecular complexity index is 2700. The van der Waals surface area contributed by atoms with E-state index >= 15 is 0 Å². The molecule has 0 saturated carbocycles. The van der Waals surface area contributed by atoms with Gasteiger partial charge in [-0.3, -0.25) is 0 Å². The molecule has 2 aliphatic rings. The molecular weight excluding hydrogens is 579 g/mol. The van der Waals surface area contributed by atoms with Crippen LogP contribution in [-0.2, 0) is 5.41 Å². The summed E-state index contributed by atoms with van der Waals surface area (Å²) >= 11 is 1.86. The minimum absolute atomic E-state index is 0.481. The molecule has 11 rings (SSSR count). The molecule has 0 unspecified atom stereocenters. The monoisotopic (exact) mass is 603 g/mol. The predicted octanol–water partition coefficient (Wildman–Crippen LogP) is 11.6. The van der Waals surface area contributed by atoms with Crippen molar-refractivity contribution >= 4 is 53.3 Å². The largest absolute Gasteiger partial charge is 0.456 e. The zero-order valence-corrected chi connectivity index (χ0v) is 25.5. The van der Waals surface area contributed by atoms with Gasteiger partial charge in [0, 0.05) is 42.4 Å². The molecule has 1 aliphatic carbocycles. The van der Waals surface area contributed by atoms with Crippen LogP contribution in [0.25, 0.3) is 58.8 Å². The molecular formula is C43H25NOS. The minimum Gasteiger partial charge on any atom is -0.456 e. The molecule has 0 radical (unpaired) electrons. The predicted molar refractivity (Wildman–Crippen MR) is 191 cm³/mol. The van der Waals surface area contributed by atoms with Crippen molar-refractivity contribution in [3.05, 3.63) is 174 Å². The van der Waals surface area contributed by atoms with E-state index < -0.39 is 5.41 Å². The second-order valence-corrected chi connectivity index (χ2v) is 13.5. The molecule has 0 atom stereocenters. The summed E-state index contributed by atoms with van der Waals surface area (Å²) < 4.78 is 12.1. The molecule has 0 fully saturated rings. The van der Waals surface area contributed by atoms with E-state index in [-0.39, 0.29) is 0 Å². The highest BCUT2D eigenvalue weighted by molar-refractivity contribution is 7.25. The minimum atomic E-state index is -0.481. The smallest absolute Gasteiger partial charge is 0.142 e. The summed E-state index contributed by atoms with van der Waals surface area (Å²) in [7, 11) is 0. The molecule has 2 nitrogen and oxygen atoms in total. The topological polar surface area (TPSA) is 14.2 Å². The fraction of sp³-hybridized carbons (Fsp3) is 0.0233. The van der Waals surface area contributed by atoms with Crippen molar-refractivity contribution in [1.82, 2.24) is 4.57 Å². The third-order valence-electron chi connectivity index (χ3n) is 10.3. The van der Waals surface area contributed by atoms with E-state index in [1.54, 1.807) is 0 Å². The SMILES string of the molecule is c1ccc2c(c1)Oc1c(ccc3c1c1ccccc1n3-c1ccc3c(c1)sc1ccccc13)C21c2ccccc2-c2ccccc21. The Morgan fingerprint density at radius 1 is 0.478 bits per heavy atom. The van der Waals surface area contributed by atoms with Crippen LogP contribution in [0.3, 0.4) is 0 Å². The van der Waals surface area contributed by atoms with Crippen LogP contribution in [0.4, 0.5) is 0 Å². The van der Waals surface area contributed by atoms with Crippen molar-refractivity contribution in [2.24, 2.45) is 0 Å². The van der Waals surface area contributed by atoms with Gasteiger partial charge < -0.3 is 9.30 Å². The van der Waals surface area contributed by atoms with E-state index in [2.05, 4.69) is 156 Å². The van der Waals surface area contributed by atoms with E-state index in [0.29, 0.717) is 0 Å². The molecule has 0 bridgehead atoms. The number of rotatable bonds is 1. The third kappa shape index (κ3) is 2.92. The number of aromatic nitrogens is 1. The molecule has 2 aromatic heterocycles. The first-order valence-corrected chi connectivity index (χ1v) is 16.6. The van der Waals surface area contributed by atoms with Gasteiger partial charge in [-0.25, -0.2) is 0 Å². The van der Waals surface area contributed by atoms with Gasteiger partial charge in [0.1, 0.15) is 11.5 Å². The summed E-state index contributed by atoms with van der Waals surface area (Å²) in [4.78, 5) is 0. The van der Waals surface area contributed by atoms with Crippen LogP contribution in [0.15, 0.2) is 152 Å². The molecule has 3 heterocycles. The molecule has 0 amide bonds. The number of hydrogen-bond donors (Lipinski definition) is 0. The van der Waals surface area contributed by atoms with Gasteiger partial charge in [0.25, 0.3) is 0 Å². The van der Waals surface area contributed by atoms with Crippen LogP contribution in [-0.4, -0.2) is 4.57 Å². The fourth-order valence-corrected chi connectivity index (χ4v) is 9.64. The lowest BCUT2D eigenvalue weighted by Gasteiger charge is -2.39. The standard InChI is InChI=1S/C43H25NOS/c1-5-15-32-27(11-1)28-12-2-6-16-33(28)43(32)34-17-7-9-19-38(34)45-42-35(43)23-24-37-41(42)31-14-3-8-18-36(31)44(37)26-21-22-30-29-13-4-10-20-39(29)46-40(30)25-26/h1-25H. The maximum absolute atomic E-state index is 7.06. The van der Waals surface area contributed by atoms with Gasteiger partial charge in [0.2, 0.25) is 0 Å². The van der Waals surface area contributed by atoms with Gasteiger partial charge in [-0.05, 0) is 58.7 Å². The summed E-state index contributed by atoms with van der Waals surface area (Å²) in [5, 5.41) is 4.97. The number of nitrogens with zero attached hydrogens (tertiary/aromatic N) is 1. The highest BCUT2D eigenvalue weighted by atomic mass is 32.1. The van der Waals surface area contributed by atoms with Crippen LogP contribution < -0.4 is 4.74 Å². The maximum atomic E-state index is 7.06. The Morgan fingerprint density at radius 3 is 1.96 bits per heavy atom. The summed E-state index contributed by atoms with van der Waals surface area (Å²) in [6.07, 6.45) is 0. The number of thiophene rings is 1. The lowest BCUT2D eigenvalue weighted by molar-refractivity contribution is 0.442. The fourth-order valence-electron chi connectivity index (χ4n) is 8.50. The van der Waals surface area contributed by atoms with Gasteiger partial charge >= 0.3 is 0 Å². The van der Waals surface area contributed by atoms with Crippen LogP contribution >= 0.6 is 11.3 Å². The van der Waals surface area contributed by atoms with Crippen molar-refractivity contribution < 1.29 is 4.74 Å². The van der Waals surface area contributed by atoms with E-state index in [0.717, 1.165) is 28.1 Å². The Morgan fingerprint density at radius 2 is 1.13 bits per heavy atom. The van der Waals surface area contributed by atoms with Gasteiger partial charge in [0.05, 0.1) is 21.8 Å². The van der Waals surface area contributed by atoms with Gasteiger partial charge in [-0.1, -0.05) is 115 Å². The van der Waals surface area contributed by atoms with Crippen molar-refractivity contribution in [3.8, 4) is 28.3 Å². The highest BCUT2D eigenvalue weighted by Gasteiger charge is 2.51. The summed E-state index contributed by atoms with van der Waals surface area (Å²) in [6.45, 7) is 0. The first kappa shape index (κ1) is 24.7. The Labute approximate surface area is 269 Å². The van der Waals surface area contributed by atoms with Gasteiger partial charge in [-0.15, -0.1) is 11.3 Å². The Kier molecular flexibility index (Phi) is 4.69. The second-order valence-electron chi connectivity index (χ2n) is 12.4. The molecule has 1 aliphatic heterocycles. The summed E-state index contributed by atoms with van der Waals surface area (Å²) in [5.74, 6) is 1.86. The van der Waals surface area contributed by atoms with Crippen molar-refractivity contribution in [2.75, 3.05) is 0 Å². The molecule has 0 saturated heterocycles. The zero-order chi connectivity index (χ0) is 30.0. The van der Waals surface area contributed by atoms with E-state index in [9.17, 15) is 0 Å². The van der Waals surface area contributed by atoms with Crippen molar-refractivity contribution in [2.45, 2.75) is 5.41 Å². The molecule has 9 aromatic rings. The maximum Gasteiger partial charge on any atom is 0.142 e. The van der Waals surface area contributed by atoms with Crippen LogP contribution in [0.1, 0.15) is 22.3 Å². The lowest BCUT2D eigenvalue weighted by Crippen LogP contribution is -2.32. The first-order valence-electron chi connectivity index (χ1n) is 15.8. The van der Waals surface area contributed by atoms with Crippen molar-refractivity contribution in [1.29, 1.82) is 0 Å². The average Bonchev–Trinajstić information content (AvgIpc) is 3.75. The van der Waals surface area contributed by atoms with Crippen LogP contribution in [0.5, 0.6) is 11.5 Å². The zero-order valence-electron chi connectivity index (χ0n) is 24.7. The number of para-hydroxylation sites is 2. The number of benzene rings is 7. The second kappa shape index (κ2) is 8.75. The van der Waals surface area contributed by atoms with Gasteiger partial charge in [0.15, 0.2) is 0 Å². The normalized spacial score (nSPS) is 14.0. The summed E-state index contributed by atoms with van der Waals surface area (Å²) in [5.41, 5.74) is 10.6. The Hall–Kier alpha value is -5.64. The summed E-state index contributed by atoms with van der Waals surface area (Å²) in [6, 6.07) is 55.5. The molecule has 7 aromatic carbocycles. The van der Waals surface area contributed by atoms with E-state index in [1.165, 1.54) is 64.5 Å². The highest BCUT2D eigenvalue weighted by Crippen LogP contribution is 2.63. The van der Waals surface area contributed by atoms with E-state index in [1.807, 2.05) is 11.3 Å². The lowest BCUT2D eigenvalue weighted by atomic mass is 9.66. The van der Waals surface area contributed by atoms with Crippen molar-refractivity contribution in [3.63, 3.8) is 0 Å². The average molecular weight is 604 g/mol. The molecule has 1 spiro atoms. The first-order chi connectivity index (χ1) is 22.8. The number of ether oxygens (including phenoxy) is 1. The van der Waals surface area contributed by atoms with Gasteiger partial charge in [-0.2, -0.15) is 0 Å². The van der Waals surface area contributed by atoms with Crippen LogP contribution in [0, 0.1) is 0 Å². The van der Waals surface area contributed by atoms with E-state index in [4.69, 9.17) is 4.74 Å². The molecule has 3 heteroatoms. The van der Waals surface area contributed by atoms with Crippen LogP contribution in [0.2, 0.25) is 0 Å². The molecule has 214 valence electrons.